The molecule has 0 amide bonds. The summed E-state index contributed by atoms with van der Waals surface area (Å²) >= 11 is 5.72. The third-order valence-electron chi connectivity index (χ3n) is 5.94. The van der Waals surface area contributed by atoms with Crippen LogP contribution < -0.4 is 4.72 Å². The first-order valence-corrected chi connectivity index (χ1v) is 14.8. The van der Waals surface area contributed by atoms with Crippen LogP contribution in [-0.4, -0.2) is 20.8 Å². The van der Waals surface area contributed by atoms with Gasteiger partial charge in [0.1, 0.15) is 0 Å². The molecule has 1 rings (SSSR count). The lowest BCUT2D eigenvalue weighted by Crippen LogP contribution is -2.24. The number of benzene rings is 1. The fraction of sp³-hybridized carbons (Fsp3) is 0.769. The third-order valence-corrected chi connectivity index (χ3v) is 7.61. The maximum Gasteiger partial charge on any atom is 0.240 e. The number of nitrogens with one attached hydrogen (secondary N) is 1. The Morgan fingerprint density at radius 3 is 1.52 bits per heavy atom. The molecule has 0 spiro atoms. The number of alkyl halides is 1. The molecule has 5 heteroatoms. The normalized spacial score (nSPS) is 11.8. The Labute approximate surface area is 197 Å². The highest BCUT2D eigenvalue weighted by Gasteiger charge is 2.12. The molecule has 0 aliphatic heterocycles. The van der Waals surface area contributed by atoms with E-state index in [1.165, 1.54) is 89.9 Å². The molecule has 0 saturated carbocycles. The van der Waals surface area contributed by atoms with Crippen LogP contribution in [0.2, 0.25) is 0 Å². The van der Waals surface area contributed by atoms with Gasteiger partial charge < -0.3 is 0 Å². The van der Waals surface area contributed by atoms with Gasteiger partial charge in [0.25, 0.3) is 0 Å². The second kappa shape index (κ2) is 18.9. The first-order chi connectivity index (χ1) is 15.1. The molecule has 0 unspecified atom stereocenters. The van der Waals surface area contributed by atoms with E-state index >= 15 is 0 Å². The quantitative estimate of drug-likeness (QED) is 0.146. The minimum atomic E-state index is -3.40. The average molecular weight is 472 g/mol. The predicted molar refractivity (Wildman–Crippen MR) is 136 cm³/mol. The van der Waals surface area contributed by atoms with Crippen molar-refractivity contribution in [1.29, 1.82) is 0 Å². The molecule has 0 aliphatic carbocycles. The number of unbranched alkanes of at least 4 members (excludes halogenated alkanes) is 15. The summed E-state index contributed by atoms with van der Waals surface area (Å²) in [5.74, 6) is 0.545. The van der Waals surface area contributed by atoms with Gasteiger partial charge in [0.05, 0.1) is 4.90 Å². The van der Waals surface area contributed by atoms with Crippen LogP contribution in [0.1, 0.15) is 115 Å². The molecule has 1 aromatic rings. The summed E-state index contributed by atoms with van der Waals surface area (Å²) < 4.78 is 27.4. The molecule has 0 saturated heterocycles. The zero-order valence-corrected chi connectivity index (χ0v) is 21.4. The Kier molecular flexibility index (Phi) is 17.4. The monoisotopic (exact) mass is 471 g/mol. The van der Waals surface area contributed by atoms with Gasteiger partial charge in [-0.2, -0.15) is 0 Å². The van der Waals surface area contributed by atoms with E-state index in [9.17, 15) is 8.42 Å². The summed E-state index contributed by atoms with van der Waals surface area (Å²) in [5, 5.41) is 0. The maximum atomic E-state index is 12.3. The summed E-state index contributed by atoms with van der Waals surface area (Å²) in [5.41, 5.74) is 1.06. The zero-order valence-electron chi connectivity index (χ0n) is 19.8. The molecule has 0 bridgehead atoms. The van der Waals surface area contributed by atoms with E-state index in [0.29, 0.717) is 17.3 Å². The van der Waals surface area contributed by atoms with Crippen LogP contribution in [0, 0.1) is 0 Å². The largest absolute Gasteiger partial charge is 0.240 e. The smallest absolute Gasteiger partial charge is 0.211 e. The van der Waals surface area contributed by atoms with Gasteiger partial charge >= 0.3 is 0 Å². The summed E-state index contributed by atoms with van der Waals surface area (Å²) in [7, 11) is -3.40. The van der Waals surface area contributed by atoms with E-state index in [2.05, 4.69) is 11.6 Å². The van der Waals surface area contributed by atoms with E-state index in [-0.39, 0.29) is 0 Å². The molecule has 0 radical (unpaired) electrons. The van der Waals surface area contributed by atoms with E-state index in [1.54, 1.807) is 12.1 Å². The standard InChI is InChI=1S/C26H46ClNO2S/c1-2-3-4-5-6-7-8-9-10-11-12-13-14-15-16-17-24-28-31(29,30)26-20-18-25(19-21-26)22-23-27/h18-21,28H,2-17,22-24H2,1H3. The molecule has 180 valence electrons. The number of hydrogen-bond acceptors (Lipinski definition) is 2. The Morgan fingerprint density at radius 2 is 1.10 bits per heavy atom. The van der Waals surface area contributed by atoms with Crippen molar-refractivity contribution in [2.24, 2.45) is 0 Å². The molecule has 0 heterocycles. The van der Waals surface area contributed by atoms with Crippen LogP contribution in [0.3, 0.4) is 0 Å². The van der Waals surface area contributed by atoms with Gasteiger partial charge in [0, 0.05) is 12.4 Å². The summed E-state index contributed by atoms with van der Waals surface area (Å²) in [6, 6.07) is 7.01. The van der Waals surface area contributed by atoms with Gasteiger partial charge in [-0.15, -0.1) is 11.6 Å². The van der Waals surface area contributed by atoms with E-state index in [0.717, 1.165) is 24.8 Å². The molecule has 0 atom stereocenters. The second-order valence-electron chi connectivity index (χ2n) is 8.78. The van der Waals surface area contributed by atoms with Crippen LogP contribution in [-0.2, 0) is 16.4 Å². The summed E-state index contributed by atoms with van der Waals surface area (Å²) in [6.07, 6.45) is 21.9. The highest BCUT2D eigenvalue weighted by molar-refractivity contribution is 7.89. The van der Waals surface area contributed by atoms with Crippen molar-refractivity contribution in [2.45, 2.75) is 121 Å². The molecule has 1 aromatic carbocycles. The van der Waals surface area contributed by atoms with Crippen molar-refractivity contribution in [3.8, 4) is 0 Å². The van der Waals surface area contributed by atoms with Crippen molar-refractivity contribution >= 4 is 21.6 Å². The van der Waals surface area contributed by atoms with Crippen LogP contribution in [0.15, 0.2) is 29.2 Å². The molecule has 1 N–H and O–H groups in total. The molecular formula is C26H46ClNO2S. The molecule has 0 fully saturated rings. The molecule has 0 aliphatic rings. The van der Waals surface area contributed by atoms with E-state index in [4.69, 9.17) is 11.6 Å². The number of rotatable bonds is 21. The van der Waals surface area contributed by atoms with Gasteiger partial charge in [-0.25, -0.2) is 13.1 Å². The zero-order chi connectivity index (χ0) is 22.6. The van der Waals surface area contributed by atoms with E-state index in [1.807, 2.05) is 12.1 Å². The minimum Gasteiger partial charge on any atom is -0.211 e. The lowest BCUT2D eigenvalue weighted by atomic mass is 10.0. The van der Waals surface area contributed by atoms with Crippen molar-refractivity contribution in [3.63, 3.8) is 0 Å². The summed E-state index contributed by atoms with van der Waals surface area (Å²) in [6.45, 7) is 2.79. The highest BCUT2D eigenvalue weighted by atomic mass is 35.5. The molecular weight excluding hydrogens is 426 g/mol. The third kappa shape index (κ3) is 15.0. The lowest BCUT2D eigenvalue weighted by Gasteiger charge is -2.08. The highest BCUT2D eigenvalue weighted by Crippen LogP contribution is 2.14. The van der Waals surface area contributed by atoms with Crippen LogP contribution >= 0.6 is 11.6 Å². The van der Waals surface area contributed by atoms with Crippen LogP contribution in [0.5, 0.6) is 0 Å². The minimum absolute atomic E-state index is 0.335. The number of sulfonamides is 1. The second-order valence-corrected chi connectivity index (χ2v) is 10.9. The molecule has 0 aromatic heterocycles. The Balaban J connectivity index is 1.92. The average Bonchev–Trinajstić information content (AvgIpc) is 2.76. The molecule has 3 nitrogen and oxygen atoms in total. The SMILES string of the molecule is CCCCCCCCCCCCCCCCCCNS(=O)(=O)c1ccc(CCCl)cc1. The topological polar surface area (TPSA) is 46.2 Å². The van der Waals surface area contributed by atoms with Crippen molar-refractivity contribution < 1.29 is 8.42 Å². The van der Waals surface area contributed by atoms with E-state index < -0.39 is 10.0 Å². The van der Waals surface area contributed by atoms with Gasteiger partial charge in [0.15, 0.2) is 0 Å². The number of halogens is 1. The first-order valence-electron chi connectivity index (χ1n) is 12.7. The van der Waals surface area contributed by atoms with Gasteiger partial charge in [0.2, 0.25) is 10.0 Å². The van der Waals surface area contributed by atoms with Crippen molar-refractivity contribution in [2.75, 3.05) is 12.4 Å². The van der Waals surface area contributed by atoms with Crippen LogP contribution in [0.4, 0.5) is 0 Å². The number of hydrogen-bond donors (Lipinski definition) is 1. The van der Waals surface area contributed by atoms with Gasteiger partial charge in [-0.3, -0.25) is 0 Å². The Hall–Kier alpha value is -0.580. The van der Waals surface area contributed by atoms with Gasteiger partial charge in [-0.1, -0.05) is 115 Å². The Morgan fingerprint density at radius 1 is 0.677 bits per heavy atom. The van der Waals surface area contributed by atoms with Crippen molar-refractivity contribution in [1.82, 2.24) is 4.72 Å². The fourth-order valence-electron chi connectivity index (χ4n) is 3.91. The van der Waals surface area contributed by atoms with Crippen LogP contribution in [0.25, 0.3) is 0 Å². The van der Waals surface area contributed by atoms with Crippen molar-refractivity contribution in [3.05, 3.63) is 29.8 Å². The first kappa shape index (κ1) is 28.5. The Bertz CT molecular complexity index is 631. The maximum absolute atomic E-state index is 12.3. The number of aryl methyl sites for hydroxylation is 1. The summed E-state index contributed by atoms with van der Waals surface area (Å²) in [4.78, 5) is 0.335. The fourth-order valence-corrected chi connectivity index (χ4v) is 5.20. The molecule has 31 heavy (non-hydrogen) atoms. The lowest BCUT2D eigenvalue weighted by molar-refractivity contribution is 0.528. The van der Waals surface area contributed by atoms with Gasteiger partial charge in [-0.05, 0) is 30.5 Å². The predicted octanol–water partition coefficient (Wildman–Crippen LogP) is 8.01.